The Kier molecular flexibility index (Phi) is 5.47. The highest BCUT2D eigenvalue weighted by Gasteiger charge is 2.30. The molecule has 0 amide bonds. The molecule has 0 aliphatic heterocycles. The van der Waals surface area contributed by atoms with Crippen LogP contribution in [0.4, 0.5) is 13.2 Å². The molecule has 1 aromatic carbocycles. The summed E-state index contributed by atoms with van der Waals surface area (Å²) < 4.78 is 37.6. The zero-order valence-electron chi connectivity index (χ0n) is 8.15. The van der Waals surface area contributed by atoms with Gasteiger partial charge in [0, 0.05) is 15.2 Å². The van der Waals surface area contributed by atoms with Crippen LogP contribution in [-0.4, -0.2) is 11.6 Å². The molecule has 0 radical (unpaired) electrons. The summed E-state index contributed by atoms with van der Waals surface area (Å²) in [4.78, 5) is 0.804. The van der Waals surface area contributed by atoms with Gasteiger partial charge in [0.1, 0.15) is 0 Å². The number of hydrogen-bond donors (Lipinski definition) is 0. The molecule has 0 aliphatic rings. The van der Waals surface area contributed by atoms with E-state index in [1.165, 1.54) is 17.8 Å². The minimum absolute atomic E-state index is 0.474. The number of alkyl halides is 4. The van der Waals surface area contributed by atoms with Gasteiger partial charge in [-0.15, -0.1) is 23.4 Å². The minimum Gasteiger partial charge on any atom is -0.166 e. The first kappa shape index (κ1) is 14.2. The van der Waals surface area contributed by atoms with Gasteiger partial charge in [0.15, 0.2) is 0 Å². The summed E-state index contributed by atoms with van der Waals surface area (Å²) in [7, 11) is 0. The second kappa shape index (κ2) is 6.17. The van der Waals surface area contributed by atoms with Crippen molar-refractivity contribution in [2.45, 2.75) is 17.5 Å². The standard InChI is InChI=1S/C10H9BrClF3S/c11-8-6-7(10(13,14)15)2-3-9(8)16-5-1-4-12/h2-3,6H,1,4-5H2. The molecule has 90 valence electrons. The molecular formula is C10H9BrClF3S. The Morgan fingerprint density at radius 1 is 1.31 bits per heavy atom. The van der Waals surface area contributed by atoms with Crippen molar-refractivity contribution in [2.75, 3.05) is 11.6 Å². The second-order valence-corrected chi connectivity index (χ2v) is 5.40. The van der Waals surface area contributed by atoms with Crippen LogP contribution in [0.3, 0.4) is 0 Å². The number of thioether (sulfide) groups is 1. The zero-order chi connectivity index (χ0) is 12.2. The third-order valence-corrected chi connectivity index (χ3v) is 4.14. The Balaban J connectivity index is 2.76. The average Bonchev–Trinajstić information content (AvgIpc) is 2.19. The quantitative estimate of drug-likeness (QED) is 0.415. The Morgan fingerprint density at radius 3 is 2.50 bits per heavy atom. The van der Waals surface area contributed by atoms with Crippen molar-refractivity contribution in [3.05, 3.63) is 28.2 Å². The fraction of sp³-hybridized carbons (Fsp3) is 0.400. The van der Waals surface area contributed by atoms with Gasteiger partial charge in [-0.05, 0) is 46.3 Å². The fourth-order valence-corrected chi connectivity index (χ4v) is 2.91. The zero-order valence-corrected chi connectivity index (χ0v) is 11.3. The van der Waals surface area contributed by atoms with E-state index in [1.807, 2.05) is 0 Å². The first-order valence-electron chi connectivity index (χ1n) is 4.50. The highest BCUT2D eigenvalue weighted by Crippen LogP contribution is 2.35. The van der Waals surface area contributed by atoms with E-state index in [0.29, 0.717) is 10.4 Å². The van der Waals surface area contributed by atoms with E-state index in [9.17, 15) is 13.2 Å². The van der Waals surface area contributed by atoms with Crippen LogP contribution in [0.25, 0.3) is 0 Å². The van der Waals surface area contributed by atoms with Crippen molar-refractivity contribution in [1.82, 2.24) is 0 Å². The maximum absolute atomic E-state index is 12.4. The predicted octanol–water partition coefficient (Wildman–Crippen LogP) is 5.19. The van der Waals surface area contributed by atoms with E-state index in [0.717, 1.165) is 29.2 Å². The predicted molar refractivity (Wildman–Crippen MR) is 65.2 cm³/mol. The summed E-state index contributed by atoms with van der Waals surface area (Å²) in [5.74, 6) is 1.36. The minimum atomic E-state index is -4.29. The molecular weight excluding hydrogens is 325 g/mol. The topological polar surface area (TPSA) is 0 Å². The molecule has 0 aromatic heterocycles. The van der Waals surface area contributed by atoms with E-state index in [4.69, 9.17) is 11.6 Å². The number of rotatable bonds is 4. The van der Waals surface area contributed by atoms with E-state index in [2.05, 4.69) is 15.9 Å². The van der Waals surface area contributed by atoms with Gasteiger partial charge in [0.25, 0.3) is 0 Å². The van der Waals surface area contributed by atoms with Gasteiger partial charge in [0.2, 0.25) is 0 Å². The van der Waals surface area contributed by atoms with Crippen molar-refractivity contribution in [1.29, 1.82) is 0 Å². The number of halogens is 5. The van der Waals surface area contributed by atoms with E-state index in [1.54, 1.807) is 0 Å². The summed E-state index contributed by atoms with van der Waals surface area (Å²) in [6.07, 6.45) is -3.46. The highest BCUT2D eigenvalue weighted by atomic mass is 79.9. The largest absolute Gasteiger partial charge is 0.416 e. The maximum Gasteiger partial charge on any atom is 0.416 e. The summed E-state index contributed by atoms with van der Waals surface area (Å²) in [6.45, 7) is 0. The maximum atomic E-state index is 12.4. The van der Waals surface area contributed by atoms with E-state index < -0.39 is 11.7 Å². The lowest BCUT2D eigenvalue weighted by molar-refractivity contribution is -0.137. The van der Waals surface area contributed by atoms with E-state index in [-0.39, 0.29) is 0 Å². The van der Waals surface area contributed by atoms with Crippen LogP contribution >= 0.6 is 39.3 Å². The van der Waals surface area contributed by atoms with Gasteiger partial charge in [-0.2, -0.15) is 13.2 Å². The molecule has 0 fully saturated rings. The van der Waals surface area contributed by atoms with Crippen LogP contribution in [0.1, 0.15) is 12.0 Å². The van der Waals surface area contributed by atoms with Crippen molar-refractivity contribution in [2.24, 2.45) is 0 Å². The fourth-order valence-electron chi connectivity index (χ4n) is 1.03. The smallest absolute Gasteiger partial charge is 0.166 e. The second-order valence-electron chi connectivity index (χ2n) is 3.03. The molecule has 0 saturated heterocycles. The number of benzene rings is 1. The monoisotopic (exact) mass is 332 g/mol. The third kappa shape index (κ3) is 4.18. The van der Waals surface area contributed by atoms with E-state index >= 15 is 0 Å². The summed E-state index contributed by atoms with van der Waals surface area (Å²) >= 11 is 10.1. The van der Waals surface area contributed by atoms with Crippen LogP contribution in [0.5, 0.6) is 0 Å². The Morgan fingerprint density at radius 2 is 2.00 bits per heavy atom. The molecule has 0 bridgehead atoms. The molecule has 1 rings (SSSR count). The molecule has 16 heavy (non-hydrogen) atoms. The van der Waals surface area contributed by atoms with Crippen molar-refractivity contribution < 1.29 is 13.2 Å². The van der Waals surface area contributed by atoms with Crippen LogP contribution in [0.2, 0.25) is 0 Å². The Bertz CT molecular complexity index is 354. The summed E-state index contributed by atoms with van der Waals surface area (Å²) in [5.41, 5.74) is -0.638. The SMILES string of the molecule is FC(F)(F)c1ccc(SCCCCl)c(Br)c1. The van der Waals surface area contributed by atoms with Gasteiger partial charge in [-0.1, -0.05) is 0 Å². The third-order valence-electron chi connectivity index (χ3n) is 1.79. The molecule has 0 nitrogen and oxygen atoms in total. The van der Waals surface area contributed by atoms with Crippen molar-refractivity contribution in [3.63, 3.8) is 0 Å². The normalized spacial score (nSPS) is 11.8. The molecule has 0 N–H and O–H groups in total. The molecule has 6 heteroatoms. The average molecular weight is 334 g/mol. The molecule has 0 atom stereocenters. The van der Waals surface area contributed by atoms with Crippen LogP contribution < -0.4 is 0 Å². The van der Waals surface area contributed by atoms with Crippen LogP contribution in [0.15, 0.2) is 27.6 Å². The lowest BCUT2D eigenvalue weighted by Crippen LogP contribution is -2.04. The lowest BCUT2D eigenvalue weighted by atomic mass is 10.2. The first-order valence-corrected chi connectivity index (χ1v) is 6.82. The highest BCUT2D eigenvalue weighted by molar-refractivity contribution is 9.10. The molecule has 0 aliphatic carbocycles. The van der Waals surface area contributed by atoms with Crippen LogP contribution in [0, 0.1) is 0 Å². The van der Waals surface area contributed by atoms with Crippen LogP contribution in [-0.2, 0) is 6.18 Å². The Hall–Kier alpha value is 0.130. The van der Waals surface area contributed by atoms with Gasteiger partial charge in [0.05, 0.1) is 5.56 Å². The molecule has 0 saturated carbocycles. The Labute approximate surface area is 110 Å². The van der Waals surface area contributed by atoms with Crippen molar-refractivity contribution >= 4 is 39.3 Å². The summed E-state index contributed by atoms with van der Waals surface area (Å²) in [5, 5.41) is 0. The number of hydrogen-bond acceptors (Lipinski definition) is 1. The molecule has 0 heterocycles. The molecule has 0 unspecified atom stereocenters. The van der Waals surface area contributed by atoms with Gasteiger partial charge in [-0.25, -0.2) is 0 Å². The van der Waals surface area contributed by atoms with Gasteiger partial charge in [-0.3, -0.25) is 0 Å². The van der Waals surface area contributed by atoms with Crippen molar-refractivity contribution in [3.8, 4) is 0 Å². The molecule has 1 aromatic rings. The lowest BCUT2D eigenvalue weighted by Gasteiger charge is -2.09. The van der Waals surface area contributed by atoms with Gasteiger partial charge < -0.3 is 0 Å². The van der Waals surface area contributed by atoms with Gasteiger partial charge >= 0.3 is 6.18 Å². The molecule has 0 spiro atoms. The summed E-state index contributed by atoms with van der Waals surface area (Å²) in [6, 6.07) is 3.67. The first-order chi connectivity index (χ1) is 7.45.